The first-order valence-corrected chi connectivity index (χ1v) is 8.07. The van der Waals surface area contributed by atoms with Gasteiger partial charge in [0.05, 0.1) is 16.9 Å². The first-order valence-electron chi connectivity index (χ1n) is 8.07. The highest BCUT2D eigenvalue weighted by molar-refractivity contribution is 5.85. The average Bonchev–Trinajstić information content (AvgIpc) is 3.10. The van der Waals surface area contributed by atoms with Gasteiger partial charge in [-0.15, -0.1) is 0 Å². The molecule has 126 valence electrons. The fourth-order valence-electron chi connectivity index (χ4n) is 3.85. The van der Waals surface area contributed by atoms with E-state index >= 15 is 0 Å². The SMILES string of the molecule is O=C([O-])c1ccc([C@H]2Nc3ccc([N+](=O)[O-])cc3[C@H]3C=CC[C@@H]32)cc1. The second-order valence-corrected chi connectivity index (χ2v) is 6.41. The van der Waals surface area contributed by atoms with E-state index in [1.807, 2.05) is 0 Å². The number of allylic oxidation sites excluding steroid dienone is 2. The van der Waals surface area contributed by atoms with Crippen LogP contribution in [-0.2, 0) is 0 Å². The average molecular weight is 335 g/mol. The van der Waals surface area contributed by atoms with Crippen LogP contribution in [0.25, 0.3) is 0 Å². The molecule has 6 nitrogen and oxygen atoms in total. The number of rotatable bonds is 3. The molecule has 3 atom stereocenters. The Morgan fingerprint density at radius 1 is 1.16 bits per heavy atom. The minimum atomic E-state index is -1.19. The molecule has 0 fully saturated rings. The lowest BCUT2D eigenvalue weighted by Crippen LogP contribution is -2.29. The summed E-state index contributed by atoms with van der Waals surface area (Å²) in [6.45, 7) is 0. The summed E-state index contributed by atoms with van der Waals surface area (Å²) in [5.74, 6) is -0.841. The van der Waals surface area contributed by atoms with Gasteiger partial charge in [-0.05, 0) is 35.1 Å². The van der Waals surface area contributed by atoms with E-state index < -0.39 is 5.97 Å². The maximum atomic E-state index is 11.1. The summed E-state index contributed by atoms with van der Waals surface area (Å²) < 4.78 is 0. The first-order chi connectivity index (χ1) is 12.0. The number of fused-ring (bicyclic) bond motifs is 3. The second-order valence-electron chi connectivity index (χ2n) is 6.41. The highest BCUT2D eigenvalue weighted by Crippen LogP contribution is 2.50. The Morgan fingerprint density at radius 3 is 2.60 bits per heavy atom. The molecule has 0 saturated heterocycles. The van der Waals surface area contributed by atoms with Crippen molar-refractivity contribution >= 4 is 17.3 Å². The molecule has 1 heterocycles. The summed E-state index contributed by atoms with van der Waals surface area (Å²) in [7, 11) is 0. The number of nitro groups is 1. The topological polar surface area (TPSA) is 95.3 Å². The smallest absolute Gasteiger partial charge is 0.269 e. The molecule has 4 rings (SSSR count). The molecule has 2 aromatic rings. The summed E-state index contributed by atoms with van der Waals surface area (Å²) in [4.78, 5) is 21.6. The highest BCUT2D eigenvalue weighted by Gasteiger charge is 2.38. The summed E-state index contributed by atoms with van der Waals surface area (Å²) in [6, 6.07) is 11.6. The Morgan fingerprint density at radius 2 is 1.92 bits per heavy atom. The van der Waals surface area contributed by atoms with Crippen molar-refractivity contribution in [3.05, 3.63) is 81.4 Å². The van der Waals surface area contributed by atoms with E-state index in [-0.39, 0.29) is 34.1 Å². The van der Waals surface area contributed by atoms with Crippen LogP contribution in [-0.4, -0.2) is 10.9 Å². The number of carbonyl (C=O) groups excluding carboxylic acids is 1. The standard InChI is InChI=1S/C19H16N2O4/c22-19(23)12-6-4-11(5-7-12)18-15-3-1-2-14(15)16-10-13(21(24)25)8-9-17(16)20-18/h1-2,4-10,14-15,18,20H,3H2,(H,22,23)/p-1/t14-,15-,18+/m0/s1. The van der Waals surface area contributed by atoms with Gasteiger partial charge in [-0.3, -0.25) is 10.1 Å². The molecule has 0 spiro atoms. The van der Waals surface area contributed by atoms with Crippen molar-refractivity contribution in [3.8, 4) is 0 Å². The lowest BCUT2D eigenvalue weighted by Gasteiger charge is -2.37. The number of hydrogen-bond acceptors (Lipinski definition) is 5. The van der Waals surface area contributed by atoms with E-state index in [2.05, 4.69) is 17.5 Å². The van der Waals surface area contributed by atoms with Crippen molar-refractivity contribution in [1.29, 1.82) is 0 Å². The number of nitrogens with zero attached hydrogens (tertiary/aromatic N) is 1. The van der Waals surface area contributed by atoms with E-state index in [1.54, 1.807) is 36.4 Å². The number of carbonyl (C=O) groups is 1. The zero-order valence-electron chi connectivity index (χ0n) is 13.2. The number of benzene rings is 2. The molecule has 2 aromatic carbocycles. The summed E-state index contributed by atoms with van der Waals surface area (Å²) in [5.41, 5.74) is 3.06. The molecule has 0 aromatic heterocycles. The third-order valence-corrected chi connectivity index (χ3v) is 5.06. The van der Waals surface area contributed by atoms with Gasteiger partial charge >= 0.3 is 0 Å². The molecule has 0 bridgehead atoms. The number of carboxylic acid groups (broad SMARTS) is 1. The Labute approximate surface area is 144 Å². The van der Waals surface area contributed by atoms with E-state index in [4.69, 9.17) is 0 Å². The van der Waals surface area contributed by atoms with Crippen molar-refractivity contribution < 1.29 is 14.8 Å². The molecule has 1 aliphatic carbocycles. The number of nitro benzene ring substituents is 1. The molecule has 25 heavy (non-hydrogen) atoms. The molecule has 0 unspecified atom stereocenters. The minimum absolute atomic E-state index is 0.0183. The summed E-state index contributed by atoms with van der Waals surface area (Å²) in [5, 5.41) is 25.5. The first kappa shape index (κ1) is 15.4. The number of anilines is 1. The highest BCUT2D eigenvalue weighted by atomic mass is 16.6. The van der Waals surface area contributed by atoms with Gasteiger partial charge in [0.2, 0.25) is 0 Å². The van der Waals surface area contributed by atoms with E-state index in [0.29, 0.717) is 0 Å². The number of non-ortho nitro benzene ring substituents is 1. The van der Waals surface area contributed by atoms with Crippen LogP contribution in [0.3, 0.4) is 0 Å². The Bertz CT molecular complexity index is 889. The van der Waals surface area contributed by atoms with Crippen molar-refractivity contribution in [2.24, 2.45) is 5.92 Å². The van der Waals surface area contributed by atoms with E-state index in [9.17, 15) is 20.0 Å². The van der Waals surface area contributed by atoms with Crippen LogP contribution in [0.15, 0.2) is 54.6 Å². The van der Waals surface area contributed by atoms with Crippen molar-refractivity contribution in [2.45, 2.75) is 18.4 Å². The van der Waals surface area contributed by atoms with Gasteiger partial charge < -0.3 is 15.2 Å². The quantitative estimate of drug-likeness (QED) is 0.529. The molecule has 2 aliphatic rings. The number of hydrogen-bond donors (Lipinski definition) is 1. The van der Waals surface area contributed by atoms with Gasteiger partial charge in [0, 0.05) is 23.7 Å². The Balaban J connectivity index is 1.72. The van der Waals surface area contributed by atoms with Crippen LogP contribution in [0.4, 0.5) is 11.4 Å². The van der Waals surface area contributed by atoms with Crippen LogP contribution in [0.1, 0.15) is 39.9 Å². The maximum absolute atomic E-state index is 11.1. The maximum Gasteiger partial charge on any atom is 0.269 e. The number of aromatic carboxylic acids is 1. The molecule has 1 aliphatic heterocycles. The lowest BCUT2D eigenvalue weighted by molar-refractivity contribution is -0.384. The molecule has 0 radical (unpaired) electrons. The van der Waals surface area contributed by atoms with Crippen molar-refractivity contribution in [1.82, 2.24) is 0 Å². The normalized spacial score (nSPS) is 23.4. The Hall–Kier alpha value is -3.15. The molecule has 0 saturated carbocycles. The second kappa shape index (κ2) is 5.73. The van der Waals surface area contributed by atoms with Gasteiger partial charge in [-0.25, -0.2) is 0 Å². The van der Waals surface area contributed by atoms with Crippen LogP contribution in [0, 0.1) is 16.0 Å². The van der Waals surface area contributed by atoms with Gasteiger partial charge in [0.1, 0.15) is 0 Å². The van der Waals surface area contributed by atoms with Crippen molar-refractivity contribution in [2.75, 3.05) is 5.32 Å². The summed E-state index contributed by atoms with van der Waals surface area (Å²) >= 11 is 0. The van der Waals surface area contributed by atoms with Gasteiger partial charge in [0.15, 0.2) is 0 Å². The molecule has 1 N–H and O–H groups in total. The Kier molecular flexibility index (Phi) is 3.53. The lowest BCUT2D eigenvalue weighted by atomic mass is 9.77. The van der Waals surface area contributed by atoms with E-state index in [0.717, 1.165) is 23.2 Å². The zero-order valence-corrected chi connectivity index (χ0v) is 13.2. The van der Waals surface area contributed by atoms with Gasteiger partial charge in [0.25, 0.3) is 5.69 Å². The molecular weight excluding hydrogens is 320 g/mol. The third-order valence-electron chi connectivity index (χ3n) is 5.06. The van der Waals surface area contributed by atoms with Gasteiger partial charge in [-0.2, -0.15) is 0 Å². The molecule has 0 amide bonds. The van der Waals surface area contributed by atoms with Crippen LogP contribution in [0.2, 0.25) is 0 Å². The van der Waals surface area contributed by atoms with E-state index in [1.165, 1.54) is 6.07 Å². The minimum Gasteiger partial charge on any atom is -0.545 e. The van der Waals surface area contributed by atoms with Gasteiger partial charge in [-0.1, -0.05) is 36.4 Å². The predicted molar refractivity (Wildman–Crippen MR) is 90.2 cm³/mol. The fourth-order valence-corrected chi connectivity index (χ4v) is 3.85. The van der Waals surface area contributed by atoms with Crippen LogP contribution < -0.4 is 10.4 Å². The van der Waals surface area contributed by atoms with Crippen LogP contribution in [0.5, 0.6) is 0 Å². The zero-order chi connectivity index (χ0) is 17.6. The number of nitrogens with one attached hydrogen (secondary N) is 1. The number of carboxylic acids is 1. The fraction of sp³-hybridized carbons (Fsp3) is 0.211. The molecule has 6 heteroatoms. The third kappa shape index (κ3) is 2.55. The monoisotopic (exact) mass is 335 g/mol. The molecular formula is C19H15N2O4-. The predicted octanol–water partition coefficient (Wildman–Crippen LogP) is 2.78. The summed E-state index contributed by atoms with van der Waals surface area (Å²) in [6.07, 6.45) is 5.08. The largest absolute Gasteiger partial charge is 0.545 e. The van der Waals surface area contributed by atoms with Crippen LogP contribution >= 0.6 is 0 Å². The van der Waals surface area contributed by atoms with Crippen molar-refractivity contribution in [3.63, 3.8) is 0 Å².